The molecule has 1 aromatic rings. The van der Waals surface area contributed by atoms with E-state index in [-0.39, 0.29) is 0 Å². The smallest absolute Gasteiger partial charge is 0.124 e. The second-order valence-corrected chi connectivity index (χ2v) is 5.41. The van der Waals surface area contributed by atoms with Crippen LogP contribution < -0.4 is 14.8 Å². The molecule has 1 unspecified atom stereocenters. The summed E-state index contributed by atoms with van der Waals surface area (Å²) >= 11 is 0. The Morgan fingerprint density at radius 3 is 2.75 bits per heavy atom. The van der Waals surface area contributed by atoms with Gasteiger partial charge in [-0.1, -0.05) is 12.8 Å². The van der Waals surface area contributed by atoms with E-state index in [1.807, 2.05) is 18.2 Å². The van der Waals surface area contributed by atoms with Gasteiger partial charge in [0.15, 0.2) is 0 Å². The van der Waals surface area contributed by atoms with Gasteiger partial charge in [0.05, 0.1) is 20.3 Å². The van der Waals surface area contributed by atoms with E-state index in [4.69, 9.17) is 9.47 Å². The molecule has 0 aromatic heterocycles. The lowest BCUT2D eigenvalue weighted by molar-refractivity contribution is 0.170. The standard InChI is InChI=1S/C16H25NO3/c1-19-13-7-8-16(20-2)14(10-13)15(18)11-17-9-3-4-12-5-6-12/h7-8,10,12,15,17-18H,3-6,9,11H2,1-2H3. The van der Waals surface area contributed by atoms with Crippen LogP contribution >= 0.6 is 0 Å². The molecule has 1 aliphatic rings. The molecule has 1 aliphatic carbocycles. The number of hydrogen-bond donors (Lipinski definition) is 2. The molecule has 4 nitrogen and oxygen atoms in total. The van der Waals surface area contributed by atoms with Crippen molar-refractivity contribution in [1.82, 2.24) is 5.32 Å². The molecule has 0 bridgehead atoms. The minimum absolute atomic E-state index is 0.536. The number of benzene rings is 1. The number of nitrogens with one attached hydrogen (secondary N) is 1. The van der Waals surface area contributed by atoms with Gasteiger partial charge in [0, 0.05) is 12.1 Å². The van der Waals surface area contributed by atoms with Crippen molar-refractivity contribution in [3.63, 3.8) is 0 Å². The molecule has 20 heavy (non-hydrogen) atoms. The van der Waals surface area contributed by atoms with Crippen LogP contribution in [-0.2, 0) is 0 Å². The highest BCUT2D eigenvalue weighted by molar-refractivity contribution is 5.41. The lowest BCUT2D eigenvalue weighted by atomic mass is 10.1. The maximum atomic E-state index is 10.3. The highest BCUT2D eigenvalue weighted by atomic mass is 16.5. The quantitative estimate of drug-likeness (QED) is 0.682. The second-order valence-electron chi connectivity index (χ2n) is 5.41. The maximum absolute atomic E-state index is 10.3. The van der Waals surface area contributed by atoms with Crippen LogP contribution in [0.2, 0.25) is 0 Å². The lowest BCUT2D eigenvalue weighted by Crippen LogP contribution is -2.23. The first kappa shape index (κ1) is 15.1. The Kier molecular flexibility index (Phi) is 5.68. The van der Waals surface area contributed by atoms with Gasteiger partial charge in [-0.15, -0.1) is 0 Å². The van der Waals surface area contributed by atoms with E-state index in [2.05, 4.69) is 5.32 Å². The fraction of sp³-hybridized carbons (Fsp3) is 0.625. The zero-order valence-corrected chi connectivity index (χ0v) is 12.4. The summed E-state index contributed by atoms with van der Waals surface area (Å²) in [7, 11) is 3.23. The summed E-state index contributed by atoms with van der Waals surface area (Å²) in [6, 6.07) is 5.48. The van der Waals surface area contributed by atoms with Crippen LogP contribution in [0.4, 0.5) is 0 Å². The maximum Gasteiger partial charge on any atom is 0.124 e. The summed E-state index contributed by atoms with van der Waals surface area (Å²) in [4.78, 5) is 0. The first-order valence-corrected chi connectivity index (χ1v) is 7.35. The predicted molar refractivity (Wildman–Crippen MR) is 79.3 cm³/mol. The minimum atomic E-state index is -0.582. The zero-order valence-electron chi connectivity index (χ0n) is 12.4. The van der Waals surface area contributed by atoms with Crippen molar-refractivity contribution in [3.05, 3.63) is 23.8 Å². The van der Waals surface area contributed by atoms with Gasteiger partial charge in [-0.25, -0.2) is 0 Å². The highest BCUT2D eigenvalue weighted by Gasteiger charge is 2.20. The fourth-order valence-corrected chi connectivity index (χ4v) is 2.37. The van der Waals surface area contributed by atoms with Crippen LogP contribution in [0.25, 0.3) is 0 Å². The molecule has 112 valence electrons. The van der Waals surface area contributed by atoms with Crippen molar-refractivity contribution in [3.8, 4) is 11.5 Å². The molecule has 2 N–H and O–H groups in total. The highest BCUT2D eigenvalue weighted by Crippen LogP contribution is 2.33. The summed E-state index contributed by atoms with van der Waals surface area (Å²) in [6.07, 6.45) is 4.73. The van der Waals surface area contributed by atoms with Gasteiger partial charge < -0.3 is 19.9 Å². The Balaban J connectivity index is 1.81. The first-order chi connectivity index (χ1) is 9.74. The van der Waals surface area contributed by atoms with Gasteiger partial charge in [0.2, 0.25) is 0 Å². The molecule has 0 radical (unpaired) electrons. The number of hydrogen-bond acceptors (Lipinski definition) is 4. The Morgan fingerprint density at radius 1 is 1.30 bits per heavy atom. The van der Waals surface area contributed by atoms with E-state index in [0.717, 1.165) is 23.8 Å². The van der Waals surface area contributed by atoms with Crippen LogP contribution in [0.5, 0.6) is 11.5 Å². The third-order valence-electron chi connectivity index (χ3n) is 3.80. The number of rotatable bonds is 9. The lowest BCUT2D eigenvalue weighted by Gasteiger charge is -2.16. The fourth-order valence-electron chi connectivity index (χ4n) is 2.37. The van der Waals surface area contributed by atoms with Gasteiger partial charge in [-0.2, -0.15) is 0 Å². The third-order valence-corrected chi connectivity index (χ3v) is 3.80. The van der Waals surface area contributed by atoms with E-state index >= 15 is 0 Å². The SMILES string of the molecule is COc1ccc(OC)c(C(O)CNCCCC2CC2)c1. The Morgan fingerprint density at radius 2 is 2.10 bits per heavy atom. The van der Waals surface area contributed by atoms with Gasteiger partial charge in [0.1, 0.15) is 11.5 Å². The third kappa shape index (κ3) is 4.39. The molecule has 0 spiro atoms. The van der Waals surface area contributed by atoms with Crippen molar-refractivity contribution in [2.24, 2.45) is 5.92 Å². The van der Waals surface area contributed by atoms with Crippen LogP contribution in [0.15, 0.2) is 18.2 Å². The van der Waals surface area contributed by atoms with Crippen molar-refractivity contribution >= 4 is 0 Å². The topological polar surface area (TPSA) is 50.7 Å². The van der Waals surface area contributed by atoms with Crippen molar-refractivity contribution < 1.29 is 14.6 Å². The molecule has 0 amide bonds. The molecule has 1 saturated carbocycles. The molecule has 1 fully saturated rings. The average molecular weight is 279 g/mol. The molecule has 0 saturated heterocycles. The summed E-state index contributed by atoms with van der Waals surface area (Å²) < 4.78 is 10.5. The number of aliphatic hydroxyl groups is 1. The monoisotopic (exact) mass is 279 g/mol. The first-order valence-electron chi connectivity index (χ1n) is 7.35. The molecule has 1 aromatic carbocycles. The molecule has 1 atom stereocenters. The van der Waals surface area contributed by atoms with Crippen molar-refractivity contribution in [1.29, 1.82) is 0 Å². The van der Waals surface area contributed by atoms with E-state index in [1.165, 1.54) is 25.7 Å². The number of methoxy groups -OCH3 is 2. The van der Waals surface area contributed by atoms with Crippen LogP contribution in [0, 0.1) is 5.92 Å². The van der Waals surface area contributed by atoms with E-state index in [9.17, 15) is 5.11 Å². The van der Waals surface area contributed by atoms with Crippen molar-refractivity contribution in [2.75, 3.05) is 27.3 Å². The van der Waals surface area contributed by atoms with Crippen LogP contribution in [0.3, 0.4) is 0 Å². The second kappa shape index (κ2) is 7.50. The Hall–Kier alpha value is -1.26. The summed E-state index contributed by atoms with van der Waals surface area (Å²) in [6.45, 7) is 1.49. The molecule has 0 heterocycles. The van der Waals surface area contributed by atoms with Gasteiger partial charge in [-0.05, 0) is 43.5 Å². The molecule has 0 aliphatic heterocycles. The molecule has 2 rings (SSSR count). The Labute approximate surface area is 121 Å². The summed E-state index contributed by atoms with van der Waals surface area (Å²) in [5.41, 5.74) is 0.765. The van der Waals surface area contributed by atoms with E-state index in [0.29, 0.717) is 12.3 Å². The van der Waals surface area contributed by atoms with Crippen molar-refractivity contribution in [2.45, 2.75) is 31.8 Å². The average Bonchev–Trinajstić information content (AvgIpc) is 3.30. The van der Waals surface area contributed by atoms with Crippen LogP contribution in [0.1, 0.15) is 37.4 Å². The van der Waals surface area contributed by atoms with Gasteiger partial charge in [-0.3, -0.25) is 0 Å². The van der Waals surface area contributed by atoms with Crippen LogP contribution in [-0.4, -0.2) is 32.4 Å². The molecule has 4 heteroatoms. The predicted octanol–water partition coefficient (Wildman–Crippen LogP) is 2.52. The largest absolute Gasteiger partial charge is 0.497 e. The van der Waals surface area contributed by atoms with E-state index < -0.39 is 6.10 Å². The zero-order chi connectivity index (χ0) is 14.4. The number of ether oxygens (including phenoxy) is 2. The molecular weight excluding hydrogens is 254 g/mol. The Bertz CT molecular complexity index is 418. The molecular formula is C16H25NO3. The minimum Gasteiger partial charge on any atom is -0.497 e. The van der Waals surface area contributed by atoms with E-state index in [1.54, 1.807) is 14.2 Å². The summed E-state index contributed by atoms with van der Waals surface area (Å²) in [5.74, 6) is 2.40. The van der Waals surface area contributed by atoms with Gasteiger partial charge >= 0.3 is 0 Å². The number of aliphatic hydroxyl groups excluding tert-OH is 1. The normalized spacial score (nSPS) is 15.9. The van der Waals surface area contributed by atoms with Gasteiger partial charge in [0.25, 0.3) is 0 Å². The summed E-state index contributed by atoms with van der Waals surface area (Å²) in [5, 5.41) is 13.6.